The van der Waals surface area contributed by atoms with Crippen LogP contribution >= 0.6 is 15.9 Å². The van der Waals surface area contributed by atoms with Gasteiger partial charge in [0.05, 0.1) is 22.0 Å². The molecule has 0 atom stereocenters. The molecule has 0 aliphatic rings. The lowest BCUT2D eigenvalue weighted by atomic mass is 10.2. The molecule has 2 heterocycles. The van der Waals surface area contributed by atoms with Gasteiger partial charge in [-0.05, 0) is 30.3 Å². The fraction of sp³-hybridized carbons (Fsp3) is 0.0385. The zero-order valence-electron chi connectivity index (χ0n) is 18.4. The van der Waals surface area contributed by atoms with E-state index in [9.17, 15) is 14.9 Å². The molecule has 0 saturated carbocycles. The molecule has 0 bridgehead atoms. The van der Waals surface area contributed by atoms with Crippen LogP contribution in [0.3, 0.4) is 0 Å². The van der Waals surface area contributed by atoms with E-state index in [0.29, 0.717) is 26.7 Å². The molecular formula is C26H15BrN4O5. The Balaban J connectivity index is 1.73. The van der Waals surface area contributed by atoms with Gasteiger partial charge < -0.3 is 9.15 Å². The molecule has 0 aliphatic carbocycles. The molecule has 0 unspecified atom stereocenters. The van der Waals surface area contributed by atoms with Crippen molar-refractivity contribution in [2.24, 2.45) is 5.10 Å². The van der Waals surface area contributed by atoms with Gasteiger partial charge >= 0.3 is 5.69 Å². The molecule has 36 heavy (non-hydrogen) atoms. The van der Waals surface area contributed by atoms with E-state index in [-0.39, 0.29) is 29.4 Å². The van der Waals surface area contributed by atoms with Crippen LogP contribution in [0.5, 0.6) is 5.75 Å². The highest BCUT2D eigenvalue weighted by Crippen LogP contribution is 2.34. The molecule has 0 saturated heterocycles. The number of hydrogen-bond donors (Lipinski definition) is 0. The van der Waals surface area contributed by atoms with Crippen LogP contribution in [0.4, 0.5) is 5.69 Å². The lowest BCUT2D eigenvalue weighted by Gasteiger charge is -2.09. The SMILES string of the molecule is C#CCOc1c(C=Nn2c(-c3cc4ccccc4o3)nc3ccccc3c2=O)cc(Br)cc1[N+](=O)[O-]. The van der Waals surface area contributed by atoms with E-state index in [1.807, 2.05) is 18.2 Å². The van der Waals surface area contributed by atoms with Crippen LogP contribution in [0.2, 0.25) is 0 Å². The molecular weight excluding hydrogens is 528 g/mol. The summed E-state index contributed by atoms with van der Waals surface area (Å²) in [5, 5.41) is 17.2. The first-order chi connectivity index (χ1) is 17.5. The molecule has 2 aromatic heterocycles. The highest BCUT2D eigenvalue weighted by molar-refractivity contribution is 9.10. The Morgan fingerprint density at radius 2 is 1.97 bits per heavy atom. The average Bonchev–Trinajstić information content (AvgIpc) is 3.31. The molecule has 9 nitrogen and oxygen atoms in total. The first kappa shape index (κ1) is 23.0. The van der Waals surface area contributed by atoms with Gasteiger partial charge in [0.25, 0.3) is 5.56 Å². The predicted octanol–water partition coefficient (Wildman–Crippen LogP) is 5.37. The van der Waals surface area contributed by atoms with E-state index < -0.39 is 10.5 Å². The van der Waals surface area contributed by atoms with Gasteiger partial charge in [-0.15, -0.1) is 6.42 Å². The Morgan fingerprint density at radius 1 is 1.19 bits per heavy atom. The van der Waals surface area contributed by atoms with Gasteiger partial charge in [0.15, 0.2) is 5.76 Å². The van der Waals surface area contributed by atoms with Crippen LogP contribution in [-0.2, 0) is 0 Å². The Labute approximate surface area is 211 Å². The highest BCUT2D eigenvalue weighted by Gasteiger charge is 2.21. The van der Waals surface area contributed by atoms with Crippen molar-refractivity contribution in [3.8, 4) is 29.7 Å². The molecule has 0 spiro atoms. The van der Waals surface area contributed by atoms with Crippen LogP contribution in [0, 0.1) is 22.5 Å². The quantitative estimate of drug-likeness (QED) is 0.123. The second-order valence-corrected chi connectivity index (χ2v) is 8.47. The summed E-state index contributed by atoms with van der Waals surface area (Å²) in [5.74, 6) is 2.72. The van der Waals surface area contributed by atoms with Crippen LogP contribution < -0.4 is 10.3 Å². The molecule has 5 aromatic rings. The summed E-state index contributed by atoms with van der Waals surface area (Å²) in [6.07, 6.45) is 6.57. The standard InChI is InChI=1S/C26H15BrN4O5/c1-2-11-35-24-17(12-18(27)14-21(24)31(33)34)15-28-30-25(23-13-16-7-3-6-10-22(16)36-23)29-20-9-5-4-8-19(20)26(30)32/h1,3-10,12-15H,11H2. The zero-order chi connectivity index (χ0) is 25.2. The third-order valence-electron chi connectivity index (χ3n) is 5.27. The number of fused-ring (bicyclic) bond motifs is 2. The number of ether oxygens (including phenoxy) is 1. The van der Waals surface area contributed by atoms with E-state index in [1.165, 1.54) is 12.3 Å². The van der Waals surface area contributed by atoms with Crippen LogP contribution in [0.15, 0.2) is 85.5 Å². The molecule has 3 aromatic carbocycles. The third-order valence-corrected chi connectivity index (χ3v) is 5.73. The summed E-state index contributed by atoms with van der Waals surface area (Å²) < 4.78 is 12.9. The lowest BCUT2D eigenvalue weighted by molar-refractivity contribution is -0.385. The van der Waals surface area contributed by atoms with Gasteiger partial charge in [-0.1, -0.05) is 52.2 Å². The third kappa shape index (κ3) is 4.23. The van der Waals surface area contributed by atoms with Crippen molar-refractivity contribution in [1.82, 2.24) is 9.66 Å². The van der Waals surface area contributed by atoms with Gasteiger partial charge in [0, 0.05) is 21.5 Å². The minimum Gasteiger partial charge on any atom is -0.473 e. The number of nitro groups is 1. The normalized spacial score (nSPS) is 11.2. The van der Waals surface area contributed by atoms with Crippen molar-refractivity contribution in [1.29, 1.82) is 0 Å². The number of nitro benzene ring substituents is 1. The lowest BCUT2D eigenvalue weighted by Crippen LogP contribution is -2.20. The number of furan rings is 1. The number of nitrogens with zero attached hydrogens (tertiary/aromatic N) is 4. The second-order valence-electron chi connectivity index (χ2n) is 7.56. The topological polar surface area (TPSA) is 113 Å². The molecule has 0 amide bonds. The molecule has 176 valence electrons. The summed E-state index contributed by atoms with van der Waals surface area (Å²) >= 11 is 3.27. The summed E-state index contributed by atoms with van der Waals surface area (Å²) in [4.78, 5) is 29.1. The Hall–Kier alpha value is -4.75. The van der Waals surface area contributed by atoms with Crippen LogP contribution in [0.1, 0.15) is 5.56 Å². The minimum absolute atomic E-state index is 0.0722. The molecule has 10 heteroatoms. The number of hydrogen-bond acceptors (Lipinski definition) is 7. The average molecular weight is 543 g/mol. The molecule has 0 radical (unpaired) electrons. The van der Waals surface area contributed by atoms with E-state index in [0.717, 1.165) is 10.1 Å². The van der Waals surface area contributed by atoms with Crippen molar-refractivity contribution < 1.29 is 14.1 Å². The van der Waals surface area contributed by atoms with E-state index in [4.69, 9.17) is 15.6 Å². The number of aromatic nitrogens is 2. The van der Waals surface area contributed by atoms with Crippen LogP contribution in [-0.4, -0.2) is 27.4 Å². The van der Waals surface area contributed by atoms with E-state index in [1.54, 1.807) is 42.5 Å². The first-order valence-corrected chi connectivity index (χ1v) is 11.3. The predicted molar refractivity (Wildman–Crippen MR) is 139 cm³/mol. The Kier molecular flexibility index (Phi) is 6.06. The molecule has 0 aliphatic heterocycles. The number of terminal acetylenes is 1. The van der Waals surface area contributed by atoms with Gasteiger partial charge in [-0.25, -0.2) is 4.98 Å². The monoisotopic (exact) mass is 542 g/mol. The minimum atomic E-state index is -0.586. The summed E-state index contributed by atoms with van der Waals surface area (Å²) in [7, 11) is 0. The maximum absolute atomic E-state index is 13.5. The Bertz CT molecular complexity index is 1750. The molecule has 0 N–H and O–H groups in total. The first-order valence-electron chi connectivity index (χ1n) is 10.6. The largest absolute Gasteiger partial charge is 0.473 e. The van der Waals surface area contributed by atoms with Crippen molar-refractivity contribution in [3.05, 3.63) is 97.2 Å². The molecule has 0 fully saturated rings. The van der Waals surface area contributed by atoms with E-state index in [2.05, 4.69) is 31.9 Å². The highest BCUT2D eigenvalue weighted by atomic mass is 79.9. The second kappa shape index (κ2) is 9.48. The van der Waals surface area contributed by atoms with Crippen molar-refractivity contribution in [3.63, 3.8) is 0 Å². The van der Waals surface area contributed by atoms with Crippen LogP contribution in [0.25, 0.3) is 33.5 Å². The zero-order valence-corrected chi connectivity index (χ0v) is 20.0. The maximum atomic E-state index is 13.5. The van der Waals surface area contributed by atoms with Gasteiger partial charge in [0.2, 0.25) is 11.6 Å². The summed E-state index contributed by atoms with van der Waals surface area (Å²) in [5.41, 5.74) is 0.589. The van der Waals surface area contributed by atoms with Crippen molar-refractivity contribution in [2.75, 3.05) is 6.61 Å². The van der Waals surface area contributed by atoms with Gasteiger partial charge in [-0.3, -0.25) is 14.9 Å². The number of para-hydroxylation sites is 2. The fourth-order valence-corrected chi connectivity index (χ4v) is 4.17. The maximum Gasteiger partial charge on any atom is 0.312 e. The van der Waals surface area contributed by atoms with E-state index >= 15 is 0 Å². The number of halogens is 1. The fourth-order valence-electron chi connectivity index (χ4n) is 3.70. The van der Waals surface area contributed by atoms with Gasteiger partial charge in [0.1, 0.15) is 12.2 Å². The molecule has 5 rings (SSSR count). The number of rotatable bonds is 6. The Morgan fingerprint density at radius 3 is 2.75 bits per heavy atom. The summed E-state index contributed by atoms with van der Waals surface area (Å²) in [6.45, 7) is -0.189. The summed E-state index contributed by atoms with van der Waals surface area (Å²) in [6, 6.07) is 18.9. The van der Waals surface area contributed by atoms with Crippen molar-refractivity contribution >= 4 is 49.7 Å². The van der Waals surface area contributed by atoms with Crippen molar-refractivity contribution in [2.45, 2.75) is 0 Å². The van der Waals surface area contributed by atoms with Gasteiger partial charge in [-0.2, -0.15) is 9.78 Å². The smallest absolute Gasteiger partial charge is 0.312 e. The number of benzene rings is 3.